The number of nitrogens with zero attached hydrogens (tertiary/aromatic N) is 2. The van der Waals surface area contributed by atoms with E-state index >= 15 is 0 Å². The van der Waals surface area contributed by atoms with E-state index in [0.717, 1.165) is 30.7 Å². The van der Waals surface area contributed by atoms with Crippen LogP contribution in [-0.4, -0.2) is 62.8 Å². The number of furan rings is 1. The molecule has 2 aliphatic rings. The van der Waals surface area contributed by atoms with Gasteiger partial charge in [0.15, 0.2) is 5.96 Å². The molecule has 3 rings (SSSR count). The van der Waals surface area contributed by atoms with Crippen molar-refractivity contribution in [2.75, 3.05) is 39.9 Å². The Morgan fingerprint density at radius 2 is 2.17 bits per heavy atom. The van der Waals surface area contributed by atoms with E-state index in [1.165, 1.54) is 38.8 Å². The van der Waals surface area contributed by atoms with Crippen molar-refractivity contribution in [1.82, 2.24) is 15.5 Å². The highest BCUT2D eigenvalue weighted by Gasteiger charge is 2.31. The Morgan fingerprint density at radius 3 is 2.83 bits per heavy atom. The standard InChI is InChI=1S/C18H30N4O2/c1-23-14-10-20-18(19-9-6-17-3-2-13-24-17)21-15-7-11-22(12-8-15)16-4-5-16/h2-3,13,15-16H,4-12,14H2,1H3,(H2,19,20,21). The number of ether oxygens (including phenoxy) is 1. The molecule has 1 aliphatic carbocycles. The molecule has 0 atom stereocenters. The van der Waals surface area contributed by atoms with E-state index in [9.17, 15) is 0 Å². The van der Waals surface area contributed by atoms with Crippen LogP contribution < -0.4 is 10.6 Å². The van der Waals surface area contributed by atoms with Gasteiger partial charge in [0.2, 0.25) is 0 Å². The van der Waals surface area contributed by atoms with Crippen LogP contribution in [0.25, 0.3) is 0 Å². The fourth-order valence-electron chi connectivity index (χ4n) is 3.20. The summed E-state index contributed by atoms with van der Waals surface area (Å²) in [4.78, 5) is 7.26. The number of aliphatic imine (C=N–C) groups is 1. The molecule has 2 N–H and O–H groups in total. The van der Waals surface area contributed by atoms with Crippen molar-refractivity contribution in [3.8, 4) is 0 Å². The van der Waals surface area contributed by atoms with Gasteiger partial charge in [-0.15, -0.1) is 0 Å². The largest absolute Gasteiger partial charge is 0.469 e. The number of guanidine groups is 1. The van der Waals surface area contributed by atoms with Crippen molar-refractivity contribution in [3.63, 3.8) is 0 Å². The predicted octanol–water partition coefficient (Wildman–Crippen LogP) is 1.63. The Bertz CT molecular complexity index is 491. The second-order valence-corrected chi connectivity index (χ2v) is 6.67. The summed E-state index contributed by atoms with van der Waals surface area (Å²) < 4.78 is 10.5. The molecule has 2 fully saturated rings. The highest BCUT2D eigenvalue weighted by molar-refractivity contribution is 5.80. The van der Waals surface area contributed by atoms with Crippen LogP contribution in [0.1, 0.15) is 31.4 Å². The Labute approximate surface area is 144 Å². The molecule has 1 aromatic rings. The smallest absolute Gasteiger partial charge is 0.191 e. The van der Waals surface area contributed by atoms with E-state index in [1.54, 1.807) is 13.4 Å². The summed E-state index contributed by atoms with van der Waals surface area (Å²) in [5, 5.41) is 7.02. The Hall–Kier alpha value is -1.53. The average molecular weight is 334 g/mol. The number of methoxy groups -OCH3 is 1. The molecular formula is C18H30N4O2. The maximum Gasteiger partial charge on any atom is 0.191 e. The number of nitrogens with one attached hydrogen (secondary N) is 2. The molecule has 6 heteroatoms. The predicted molar refractivity (Wildman–Crippen MR) is 95.3 cm³/mol. The number of rotatable bonds is 8. The van der Waals surface area contributed by atoms with E-state index in [4.69, 9.17) is 9.15 Å². The Morgan fingerprint density at radius 1 is 1.33 bits per heavy atom. The molecule has 1 aromatic heterocycles. The van der Waals surface area contributed by atoms with Gasteiger partial charge in [-0.05, 0) is 37.8 Å². The molecule has 6 nitrogen and oxygen atoms in total. The molecule has 1 aliphatic heterocycles. The summed E-state index contributed by atoms with van der Waals surface area (Å²) in [5.41, 5.74) is 0. The molecule has 0 unspecified atom stereocenters. The number of hydrogen-bond donors (Lipinski definition) is 2. The third kappa shape index (κ3) is 5.53. The van der Waals surface area contributed by atoms with Gasteiger partial charge >= 0.3 is 0 Å². The molecule has 0 aromatic carbocycles. The molecule has 0 amide bonds. The van der Waals surface area contributed by atoms with Gasteiger partial charge < -0.3 is 24.7 Å². The summed E-state index contributed by atoms with van der Waals surface area (Å²) in [7, 11) is 1.71. The minimum absolute atomic E-state index is 0.511. The average Bonchev–Trinajstić information content (AvgIpc) is 3.32. The summed E-state index contributed by atoms with van der Waals surface area (Å²) >= 11 is 0. The molecule has 0 spiro atoms. The molecule has 1 saturated heterocycles. The normalized spacial score (nSPS) is 20.3. The van der Waals surface area contributed by atoms with Gasteiger partial charge in [0.25, 0.3) is 0 Å². The summed E-state index contributed by atoms with van der Waals surface area (Å²) in [6.45, 7) is 4.55. The summed E-state index contributed by atoms with van der Waals surface area (Å²) in [5.74, 6) is 1.89. The number of piperidine rings is 1. The minimum Gasteiger partial charge on any atom is -0.469 e. The SMILES string of the molecule is COCCN=C(NCCc1ccco1)NC1CCN(C2CC2)CC1. The number of hydrogen-bond acceptors (Lipinski definition) is 4. The minimum atomic E-state index is 0.511. The molecule has 2 heterocycles. The van der Waals surface area contributed by atoms with E-state index < -0.39 is 0 Å². The zero-order valence-corrected chi connectivity index (χ0v) is 14.7. The lowest BCUT2D eigenvalue weighted by atomic mass is 10.1. The van der Waals surface area contributed by atoms with Crippen LogP contribution in [-0.2, 0) is 11.2 Å². The van der Waals surface area contributed by atoms with E-state index in [-0.39, 0.29) is 0 Å². The van der Waals surface area contributed by atoms with E-state index in [0.29, 0.717) is 19.2 Å². The number of likely N-dealkylation sites (tertiary alicyclic amines) is 1. The second kappa shape index (κ2) is 9.08. The first kappa shape index (κ1) is 17.3. The maximum atomic E-state index is 5.38. The van der Waals surface area contributed by atoms with Gasteiger partial charge in [0.1, 0.15) is 5.76 Å². The topological polar surface area (TPSA) is 62.0 Å². The molecule has 0 radical (unpaired) electrons. The van der Waals surface area contributed by atoms with Gasteiger partial charge in [-0.25, -0.2) is 0 Å². The van der Waals surface area contributed by atoms with E-state index in [1.807, 2.05) is 12.1 Å². The molecule has 134 valence electrons. The Balaban J connectivity index is 1.43. The zero-order chi connectivity index (χ0) is 16.6. The second-order valence-electron chi connectivity index (χ2n) is 6.67. The van der Waals surface area contributed by atoms with Gasteiger partial charge in [-0.2, -0.15) is 0 Å². The third-order valence-electron chi connectivity index (χ3n) is 4.74. The monoisotopic (exact) mass is 334 g/mol. The molecule has 24 heavy (non-hydrogen) atoms. The van der Waals surface area contributed by atoms with Crippen LogP contribution in [0.5, 0.6) is 0 Å². The van der Waals surface area contributed by atoms with Crippen molar-refractivity contribution in [2.24, 2.45) is 4.99 Å². The lowest BCUT2D eigenvalue weighted by Crippen LogP contribution is -2.49. The zero-order valence-electron chi connectivity index (χ0n) is 14.7. The van der Waals surface area contributed by atoms with Crippen LogP contribution >= 0.6 is 0 Å². The highest BCUT2D eigenvalue weighted by atomic mass is 16.5. The van der Waals surface area contributed by atoms with Crippen molar-refractivity contribution in [2.45, 2.75) is 44.2 Å². The lowest BCUT2D eigenvalue weighted by Gasteiger charge is -2.33. The van der Waals surface area contributed by atoms with Crippen LogP contribution in [0, 0.1) is 0 Å². The van der Waals surface area contributed by atoms with Gasteiger partial charge in [-0.3, -0.25) is 4.99 Å². The third-order valence-corrected chi connectivity index (χ3v) is 4.74. The lowest BCUT2D eigenvalue weighted by molar-refractivity contribution is 0.197. The van der Waals surface area contributed by atoms with E-state index in [2.05, 4.69) is 20.5 Å². The van der Waals surface area contributed by atoms with Gasteiger partial charge in [0.05, 0.1) is 19.4 Å². The summed E-state index contributed by atoms with van der Waals surface area (Å²) in [6, 6.07) is 5.32. The van der Waals surface area contributed by atoms with Crippen LogP contribution in [0.3, 0.4) is 0 Å². The Kier molecular flexibility index (Phi) is 6.55. The molecule has 0 bridgehead atoms. The first-order valence-electron chi connectivity index (χ1n) is 9.15. The van der Waals surface area contributed by atoms with Crippen molar-refractivity contribution >= 4 is 5.96 Å². The fourth-order valence-corrected chi connectivity index (χ4v) is 3.20. The van der Waals surface area contributed by atoms with Crippen LogP contribution in [0.4, 0.5) is 0 Å². The van der Waals surface area contributed by atoms with Crippen molar-refractivity contribution in [3.05, 3.63) is 24.2 Å². The summed E-state index contributed by atoms with van der Waals surface area (Å²) in [6.07, 6.45) is 7.76. The van der Waals surface area contributed by atoms with Crippen LogP contribution in [0.15, 0.2) is 27.8 Å². The van der Waals surface area contributed by atoms with Crippen molar-refractivity contribution < 1.29 is 9.15 Å². The molecule has 1 saturated carbocycles. The molecular weight excluding hydrogens is 304 g/mol. The fraction of sp³-hybridized carbons (Fsp3) is 0.722. The van der Waals surface area contributed by atoms with Gasteiger partial charge in [0, 0.05) is 45.2 Å². The highest BCUT2D eigenvalue weighted by Crippen LogP contribution is 2.29. The van der Waals surface area contributed by atoms with Gasteiger partial charge in [-0.1, -0.05) is 0 Å². The van der Waals surface area contributed by atoms with Crippen molar-refractivity contribution in [1.29, 1.82) is 0 Å². The first-order chi connectivity index (χ1) is 11.8. The maximum absolute atomic E-state index is 5.38. The van der Waals surface area contributed by atoms with Crippen LogP contribution in [0.2, 0.25) is 0 Å². The quantitative estimate of drug-likeness (QED) is 0.430. The first-order valence-corrected chi connectivity index (χ1v) is 9.15.